The van der Waals surface area contributed by atoms with E-state index in [-0.39, 0.29) is 29.4 Å². The van der Waals surface area contributed by atoms with Crippen molar-refractivity contribution < 1.29 is 33.7 Å². The molecule has 1 saturated heterocycles. The van der Waals surface area contributed by atoms with Gasteiger partial charge in [-0.15, -0.1) is 0 Å². The minimum absolute atomic E-state index is 0.0219. The summed E-state index contributed by atoms with van der Waals surface area (Å²) in [6.07, 6.45) is 1.46. The second-order valence-corrected chi connectivity index (χ2v) is 9.21. The Morgan fingerprint density at radius 1 is 0.949 bits per heavy atom. The maximum absolute atomic E-state index is 12.8. The van der Waals surface area contributed by atoms with E-state index in [4.69, 9.17) is 9.47 Å². The van der Waals surface area contributed by atoms with Gasteiger partial charge in [-0.2, -0.15) is 0 Å². The molecule has 0 aliphatic carbocycles. The van der Waals surface area contributed by atoms with E-state index < -0.39 is 38.3 Å². The summed E-state index contributed by atoms with van der Waals surface area (Å²) in [5.74, 6) is -0.894. The molecule has 0 atom stereocenters. The van der Waals surface area contributed by atoms with Crippen LogP contribution >= 0.6 is 11.8 Å². The summed E-state index contributed by atoms with van der Waals surface area (Å²) in [7, 11) is 0. The number of hydrogen-bond acceptors (Lipinski definition) is 10. The van der Waals surface area contributed by atoms with E-state index >= 15 is 0 Å². The maximum Gasteiger partial charge on any atom is 0.344 e. The molecular formula is C26H19N3O9S. The number of benzene rings is 3. The van der Waals surface area contributed by atoms with Crippen LogP contribution in [0.15, 0.2) is 71.6 Å². The van der Waals surface area contributed by atoms with Crippen LogP contribution in [0, 0.1) is 27.2 Å². The molecule has 1 fully saturated rings. The summed E-state index contributed by atoms with van der Waals surface area (Å²) in [5.41, 5.74) is -0.196. The Hall–Kier alpha value is -5.04. The topological polar surface area (TPSA) is 159 Å². The number of nitrogens with zero attached hydrogens (tertiary/aromatic N) is 3. The molecule has 13 heteroatoms. The molecule has 1 heterocycles. The predicted molar refractivity (Wildman–Crippen MR) is 141 cm³/mol. The lowest BCUT2D eigenvalue weighted by Gasteiger charge is -2.13. The largest absolute Gasteiger partial charge is 0.492 e. The highest BCUT2D eigenvalue weighted by Gasteiger charge is 2.34. The first kappa shape index (κ1) is 27.0. The van der Waals surface area contributed by atoms with Crippen molar-refractivity contribution in [2.45, 2.75) is 6.92 Å². The van der Waals surface area contributed by atoms with Crippen LogP contribution in [-0.2, 0) is 4.79 Å². The van der Waals surface area contributed by atoms with Gasteiger partial charge < -0.3 is 9.47 Å². The summed E-state index contributed by atoms with van der Waals surface area (Å²) in [6, 6.07) is 15.8. The van der Waals surface area contributed by atoms with E-state index in [1.54, 1.807) is 12.1 Å². The molecule has 0 spiro atoms. The number of thioether (sulfide) groups is 1. The lowest BCUT2D eigenvalue weighted by Crippen LogP contribution is -2.32. The number of imide groups is 1. The number of rotatable bonds is 9. The van der Waals surface area contributed by atoms with Gasteiger partial charge in [-0.1, -0.05) is 24.3 Å². The van der Waals surface area contributed by atoms with Crippen LogP contribution in [0.1, 0.15) is 21.5 Å². The van der Waals surface area contributed by atoms with Gasteiger partial charge in [0.05, 0.1) is 32.9 Å². The van der Waals surface area contributed by atoms with Gasteiger partial charge in [0.25, 0.3) is 22.5 Å². The van der Waals surface area contributed by atoms with Crippen LogP contribution in [-0.4, -0.2) is 45.0 Å². The highest BCUT2D eigenvalue weighted by molar-refractivity contribution is 8.18. The Bertz CT molecular complexity index is 1500. The lowest BCUT2D eigenvalue weighted by molar-refractivity contribution is -0.394. The molecule has 0 aromatic heterocycles. The Kier molecular flexibility index (Phi) is 8.01. The Morgan fingerprint density at radius 3 is 2.28 bits per heavy atom. The average molecular weight is 550 g/mol. The lowest BCUT2D eigenvalue weighted by atomic mass is 10.1. The van der Waals surface area contributed by atoms with Crippen molar-refractivity contribution in [1.29, 1.82) is 0 Å². The second kappa shape index (κ2) is 11.6. The zero-order valence-electron chi connectivity index (χ0n) is 20.3. The van der Waals surface area contributed by atoms with Gasteiger partial charge in [-0.25, -0.2) is 4.79 Å². The van der Waals surface area contributed by atoms with E-state index in [9.17, 15) is 34.6 Å². The summed E-state index contributed by atoms with van der Waals surface area (Å²) in [4.78, 5) is 59.5. The molecule has 0 bridgehead atoms. The Balaban J connectivity index is 1.44. The van der Waals surface area contributed by atoms with E-state index in [2.05, 4.69) is 0 Å². The molecule has 1 aliphatic heterocycles. The molecule has 0 unspecified atom stereocenters. The monoisotopic (exact) mass is 549 g/mol. The third-order valence-corrected chi connectivity index (χ3v) is 6.28. The number of esters is 1. The van der Waals surface area contributed by atoms with Crippen molar-refractivity contribution in [1.82, 2.24) is 4.90 Å². The Labute approximate surface area is 225 Å². The van der Waals surface area contributed by atoms with E-state index in [0.717, 1.165) is 40.4 Å². The number of carbonyl (C=O) groups excluding carboxylic acids is 3. The number of amides is 2. The molecule has 12 nitrogen and oxygen atoms in total. The minimum Gasteiger partial charge on any atom is -0.492 e. The first-order valence-electron chi connectivity index (χ1n) is 11.3. The van der Waals surface area contributed by atoms with Crippen LogP contribution < -0.4 is 9.47 Å². The number of hydrogen-bond donors (Lipinski definition) is 0. The van der Waals surface area contributed by atoms with Crippen molar-refractivity contribution >= 4 is 46.3 Å². The Morgan fingerprint density at radius 2 is 1.62 bits per heavy atom. The van der Waals surface area contributed by atoms with Gasteiger partial charge in [0.1, 0.15) is 18.1 Å². The molecule has 0 N–H and O–H groups in total. The summed E-state index contributed by atoms with van der Waals surface area (Å²) >= 11 is 0.758. The fourth-order valence-electron chi connectivity index (χ4n) is 3.56. The zero-order chi connectivity index (χ0) is 28.1. The summed E-state index contributed by atoms with van der Waals surface area (Å²) < 4.78 is 10.9. The van der Waals surface area contributed by atoms with Crippen LogP contribution in [0.5, 0.6) is 11.5 Å². The maximum atomic E-state index is 12.8. The molecule has 2 amide bonds. The molecule has 39 heavy (non-hydrogen) atoms. The highest BCUT2D eigenvalue weighted by atomic mass is 32.2. The molecule has 0 radical (unpaired) electrons. The number of non-ortho nitro benzene ring substituents is 2. The molecular weight excluding hydrogens is 530 g/mol. The van der Waals surface area contributed by atoms with Crippen molar-refractivity contribution in [2.75, 3.05) is 13.2 Å². The van der Waals surface area contributed by atoms with Crippen molar-refractivity contribution in [3.05, 3.63) is 109 Å². The quantitative estimate of drug-likeness (QED) is 0.115. The summed E-state index contributed by atoms with van der Waals surface area (Å²) in [5, 5.41) is 21.7. The van der Waals surface area contributed by atoms with Gasteiger partial charge in [0, 0.05) is 12.1 Å². The average Bonchev–Trinajstić information content (AvgIpc) is 3.15. The molecule has 0 saturated carbocycles. The number of aryl methyl sites for hydroxylation is 1. The number of carbonyl (C=O) groups is 3. The van der Waals surface area contributed by atoms with Crippen LogP contribution in [0.25, 0.3) is 6.08 Å². The van der Waals surface area contributed by atoms with Gasteiger partial charge >= 0.3 is 5.97 Å². The molecule has 3 aromatic carbocycles. The second-order valence-electron chi connectivity index (χ2n) is 8.21. The van der Waals surface area contributed by atoms with E-state index in [1.807, 2.05) is 25.1 Å². The fourth-order valence-corrected chi connectivity index (χ4v) is 4.43. The van der Waals surface area contributed by atoms with Crippen LogP contribution in [0.4, 0.5) is 16.2 Å². The number of ether oxygens (including phenoxy) is 2. The zero-order valence-corrected chi connectivity index (χ0v) is 21.1. The summed E-state index contributed by atoms with van der Waals surface area (Å²) in [6.45, 7) is 2.10. The normalized spacial score (nSPS) is 14.0. The van der Waals surface area contributed by atoms with Crippen LogP contribution in [0.3, 0.4) is 0 Å². The van der Waals surface area contributed by atoms with Gasteiger partial charge in [0.15, 0.2) is 0 Å². The number of nitro groups is 2. The standard InChI is InChI=1S/C26H19N3O9S/c1-16-4-2-6-21(10-16)37-9-8-27-24(30)23(39-26(27)32)12-17-5-3-7-22(11-17)38-25(31)18-13-19(28(33)34)15-20(14-18)29(35)36/h2-7,10-15H,8-9H2,1H3/b23-12-. The number of nitro benzene ring substituents is 2. The van der Waals surface area contributed by atoms with E-state index in [1.165, 1.54) is 24.3 Å². The third-order valence-electron chi connectivity index (χ3n) is 5.37. The van der Waals surface area contributed by atoms with Gasteiger partial charge in [0.2, 0.25) is 0 Å². The molecule has 3 aromatic rings. The van der Waals surface area contributed by atoms with Crippen LogP contribution in [0.2, 0.25) is 0 Å². The first-order chi connectivity index (χ1) is 18.6. The molecule has 4 rings (SSSR count). The molecule has 198 valence electrons. The molecule has 1 aliphatic rings. The minimum atomic E-state index is -1.05. The third kappa shape index (κ3) is 6.64. The van der Waals surface area contributed by atoms with Crippen molar-refractivity contribution in [3.63, 3.8) is 0 Å². The predicted octanol–water partition coefficient (Wildman–Crippen LogP) is 5.15. The van der Waals surface area contributed by atoms with E-state index in [0.29, 0.717) is 11.3 Å². The smallest absolute Gasteiger partial charge is 0.344 e. The van der Waals surface area contributed by atoms with Gasteiger partial charge in [-0.3, -0.25) is 34.7 Å². The SMILES string of the molecule is Cc1cccc(OCCN2C(=O)S/C(=C\c3cccc(OC(=O)c4cc([N+](=O)[O-])cc([N+](=O)[O-])c4)c3)C2=O)c1. The highest BCUT2D eigenvalue weighted by Crippen LogP contribution is 2.33. The van der Waals surface area contributed by atoms with Crippen molar-refractivity contribution in [3.8, 4) is 11.5 Å². The van der Waals surface area contributed by atoms with Gasteiger partial charge in [-0.05, 0) is 60.2 Å². The first-order valence-corrected chi connectivity index (χ1v) is 12.1. The van der Waals surface area contributed by atoms with Crippen molar-refractivity contribution in [2.24, 2.45) is 0 Å². The fraction of sp³-hybridized carbons (Fsp3) is 0.115.